The third kappa shape index (κ3) is 2.68. The standard InChI is InChI=1S/C10H14N4O2/c1-13-4-10(3-11-13)7-16-8-14-5-9(6-15)2-12-14/h2-5,15H,6-8H2,1H3. The molecule has 0 spiro atoms. The first-order chi connectivity index (χ1) is 7.78. The Kier molecular flexibility index (Phi) is 3.33. The maximum atomic E-state index is 8.85. The number of ether oxygens (including phenoxy) is 1. The number of rotatable bonds is 5. The van der Waals surface area contributed by atoms with Gasteiger partial charge in [-0.2, -0.15) is 10.2 Å². The second-order valence-corrected chi connectivity index (χ2v) is 3.55. The zero-order chi connectivity index (χ0) is 11.4. The highest BCUT2D eigenvalue weighted by molar-refractivity contribution is 5.02. The lowest BCUT2D eigenvalue weighted by atomic mass is 10.4. The predicted octanol–water partition coefficient (Wildman–Crippen LogP) is 0.283. The zero-order valence-corrected chi connectivity index (χ0v) is 9.08. The molecule has 2 aromatic rings. The first-order valence-corrected chi connectivity index (χ1v) is 4.95. The molecule has 0 aliphatic heterocycles. The van der Waals surface area contributed by atoms with Gasteiger partial charge in [-0.25, -0.2) is 4.68 Å². The molecule has 0 aliphatic carbocycles. The van der Waals surface area contributed by atoms with Crippen LogP contribution >= 0.6 is 0 Å². The summed E-state index contributed by atoms with van der Waals surface area (Å²) in [7, 11) is 1.87. The van der Waals surface area contributed by atoms with Crippen LogP contribution in [-0.4, -0.2) is 24.7 Å². The fraction of sp³-hybridized carbons (Fsp3) is 0.400. The van der Waals surface area contributed by atoms with Crippen molar-refractivity contribution < 1.29 is 9.84 Å². The van der Waals surface area contributed by atoms with Crippen molar-refractivity contribution >= 4 is 0 Å². The molecule has 16 heavy (non-hydrogen) atoms. The van der Waals surface area contributed by atoms with E-state index >= 15 is 0 Å². The van der Waals surface area contributed by atoms with Crippen molar-refractivity contribution in [1.82, 2.24) is 19.6 Å². The van der Waals surface area contributed by atoms with Gasteiger partial charge in [0.15, 0.2) is 0 Å². The van der Waals surface area contributed by atoms with Crippen molar-refractivity contribution in [1.29, 1.82) is 0 Å². The maximum Gasteiger partial charge on any atom is 0.139 e. The van der Waals surface area contributed by atoms with Crippen LogP contribution in [0.1, 0.15) is 11.1 Å². The van der Waals surface area contributed by atoms with Gasteiger partial charge in [0.25, 0.3) is 0 Å². The van der Waals surface area contributed by atoms with Crippen molar-refractivity contribution in [2.45, 2.75) is 19.9 Å². The largest absolute Gasteiger partial charge is 0.392 e. The monoisotopic (exact) mass is 222 g/mol. The average Bonchev–Trinajstić information content (AvgIpc) is 2.88. The zero-order valence-electron chi connectivity index (χ0n) is 9.08. The molecule has 0 radical (unpaired) electrons. The van der Waals surface area contributed by atoms with E-state index in [2.05, 4.69) is 10.2 Å². The molecule has 0 saturated heterocycles. The third-order valence-electron chi connectivity index (χ3n) is 2.12. The van der Waals surface area contributed by atoms with E-state index in [4.69, 9.17) is 9.84 Å². The van der Waals surface area contributed by atoms with Gasteiger partial charge in [-0.1, -0.05) is 0 Å². The van der Waals surface area contributed by atoms with Crippen LogP contribution in [0.25, 0.3) is 0 Å². The van der Waals surface area contributed by atoms with Gasteiger partial charge in [0.05, 0.1) is 25.6 Å². The number of aliphatic hydroxyl groups excluding tert-OH is 1. The maximum absolute atomic E-state index is 8.85. The van der Waals surface area contributed by atoms with Gasteiger partial charge in [0, 0.05) is 30.6 Å². The Labute approximate surface area is 93.1 Å². The summed E-state index contributed by atoms with van der Waals surface area (Å²) in [5.41, 5.74) is 1.81. The summed E-state index contributed by atoms with van der Waals surface area (Å²) in [5.74, 6) is 0. The first kappa shape index (κ1) is 10.8. The minimum Gasteiger partial charge on any atom is -0.392 e. The quantitative estimate of drug-likeness (QED) is 0.789. The van der Waals surface area contributed by atoms with Gasteiger partial charge in [-0.15, -0.1) is 0 Å². The number of hydrogen-bond donors (Lipinski definition) is 1. The molecule has 86 valence electrons. The van der Waals surface area contributed by atoms with Crippen LogP contribution < -0.4 is 0 Å². The molecule has 1 N–H and O–H groups in total. The molecule has 6 nitrogen and oxygen atoms in total. The number of aliphatic hydroxyl groups is 1. The van der Waals surface area contributed by atoms with E-state index in [0.717, 1.165) is 11.1 Å². The smallest absolute Gasteiger partial charge is 0.139 e. The number of aromatic nitrogens is 4. The van der Waals surface area contributed by atoms with Crippen molar-refractivity contribution in [2.24, 2.45) is 7.05 Å². The molecule has 0 fully saturated rings. The van der Waals surface area contributed by atoms with Crippen LogP contribution in [0.5, 0.6) is 0 Å². The molecular weight excluding hydrogens is 208 g/mol. The summed E-state index contributed by atoms with van der Waals surface area (Å²) in [6, 6.07) is 0. The predicted molar refractivity (Wildman–Crippen MR) is 56.1 cm³/mol. The fourth-order valence-corrected chi connectivity index (χ4v) is 1.36. The Bertz CT molecular complexity index is 449. The fourth-order valence-electron chi connectivity index (χ4n) is 1.36. The molecule has 0 atom stereocenters. The minimum atomic E-state index is 0.00258. The van der Waals surface area contributed by atoms with Gasteiger partial charge < -0.3 is 9.84 Å². The topological polar surface area (TPSA) is 65.1 Å². The lowest BCUT2D eigenvalue weighted by Gasteiger charge is -2.01. The molecule has 2 rings (SSSR count). The molecule has 0 aromatic carbocycles. The van der Waals surface area contributed by atoms with Crippen molar-refractivity contribution in [3.05, 3.63) is 35.9 Å². The summed E-state index contributed by atoms with van der Waals surface area (Å²) in [6.07, 6.45) is 7.04. The molecule has 6 heteroatoms. The van der Waals surface area contributed by atoms with Gasteiger partial charge in [0.2, 0.25) is 0 Å². The lowest BCUT2D eigenvalue weighted by molar-refractivity contribution is 0.0560. The van der Waals surface area contributed by atoms with Crippen LogP contribution in [0.15, 0.2) is 24.8 Å². The summed E-state index contributed by atoms with van der Waals surface area (Å²) in [6.45, 7) is 0.875. The Morgan fingerprint density at radius 1 is 1.25 bits per heavy atom. The normalized spacial score (nSPS) is 10.9. The third-order valence-corrected chi connectivity index (χ3v) is 2.12. The minimum absolute atomic E-state index is 0.00258. The lowest BCUT2D eigenvalue weighted by Crippen LogP contribution is -2.02. The molecule has 0 unspecified atom stereocenters. The number of aryl methyl sites for hydroxylation is 1. The van der Waals surface area contributed by atoms with E-state index in [0.29, 0.717) is 13.3 Å². The van der Waals surface area contributed by atoms with Crippen LogP contribution in [0.3, 0.4) is 0 Å². The Morgan fingerprint density at radius 2 is 2.06 bits per heavy atom. The highest BCUT2D eigenvalue weighted by Gasteiger charge is 1.99. The molecule has 0 saturated carbocycles. The Morgan fingerprint density at radius 3 is 2.69 bits per heavy atom. The molecule has 2 heterocycles. The van der Waals surface area contributed by atoms with Crippen LogP contribution in [0, 0.1) is 0 Å². The molecule has 0 amide bonds. The van der Waals surface area contributed by atoms with Crippen molar-refractivity contribution in [3.8, 4) is 0 Å². The Balaban J connectivity index is 1.79. The van der Waals surface area contributed by atoms with E-state index < -0.39 is 0 Å². The highest BCUT2D eigenvalue weighted by Crippen LogP contribution is 2.01. The number of nitrogens with zero attached hydrogens (tertiary/aromatic N) is 4. The molecule has 0 bridgehead atoms. The summed E-state index contributed by atoms with van der Waals surface area (Å²) in [4.78, 5) is 0. The van der Waals surface area contributed by atoms with Crippen molar-refractivity contribution in [2.75, 3.05) is 0 Å². The summed E-state index contributed by atoms with van der Waals surface area (Å²) >= 11 is 0. The van der Waals surface area contributed by atoms with E-state index in [9.17, 15) is 0 Å². The first-order valence-electron chi connectivity index (χ1n) is 4.95. The summed E-state index contributed by atoms with van der Waals surface area (Å²) in [5, 5.41) is 16.9. The summed E-state index contributed by atoms with van der Waals surface area (Å²) < 4.78 is 8.82. The van der Waals surface area contributed by atoms with E-state index in [1.165, 1.54) is 0 Å². The number of hydrogen-bond acceptors (Lipinski definition) is 4. The highest BCUT2D eigenvalue weighted by atomic mass is 16.5. The molecule has 2 aromatic heterocycles. The van der Waals surface area contributed by atoms with Crippen LogP contribution in [-0.2, 0) is 31.7 Å². The average molecular weight is 222 g/mol. The second-order valence-electron chi connectivity index (χ2n) is 3.55. The van der Waals surface area contributed by atoms with E-state index in [1.807, 2.05) is 13.2 Å². The van der Waals surface area contributed by atoms with Gasteiger partial charge in [0.1, 0.15) is 6.73 Å². The van der Waals surface area contributed by atoms with Gasteiger partial charge in [-0.3, -0.25) is 4.68 Å². The SMILES string of the molecule is Cn1cc(COCn2cc(CO)cn2)cn1. The van der Waals surface area contributed by atoms with Gasteiger partial charge in [-0.05, 0) is 0 Å². The van der Waals surface area contributed by atoms with Crippen LogP contribution in [0.2, 0.25) is 0 Å². The van der Waals surface area contributed by atoms with E-state index in [1.54, 1.807) is 28.0 Å². The Hall–Kier alpha value is -1.66. The van der Waals surface area contributed by atoms with E-state index in [-0.39, 0.29) is 6.61 Å². The van der Waals surface area contributed by atoms with Crippen molar-refractivity contribution in [3.63, 3.8) is 0 Å². The molecule has 0 aliphatic rings. The second kappa shape index (κ2) is 4.91. The van der Waals surface area contributed by atoms with Crippen LogP contribution in [0.4, 0.5) is 0 Å². The molecular formula is C10H14N4O2. The van der Waals surface area contributed by atoms with Gasteiger partial charge >= 0.3 is 0 Å².